The van der Waals surface area contributed by atoms with E-state index in [0.29, 0.717) is 17.8 Å². The Bertz CT molecular complexity index is 820. The number of hydrogen-bond acceptors (Lipinski definition) is 5. The quantitative estimate of drug-likeness (QED) is 0.611. The van der Waals surface area contributed by atoms with Gasteiger partial charge in [-0.05, 0) is 85.8 Å². The molecule has 0 atom stereocenters. The third-order valence-electron chi connectivity index (χ3n) is 4.60. The molecule has 27 heavy (non-hydrogen) atoms. The van der Waals surface area contributed by atoms with Gasteiger partial charge in [0.1, 0.15) is 11.6 Å². The van der Waals surface area contributed by atoms with Crippen molar-refractivity contribution in [3.05, 3.63) is 59.2 Å². The van der Waals surface area contributed by atoms with E-state index in [1.807, 2.05) is 7.05 Å². The van der Waals surface area contributed by atoms with Crippen LogP contribution < -0.4 is 9.62 Å². The van der Waals surface area contributed by atoms with E-state index in [9.17, 15) is 17.9 Å². The monoisotopic (exact) mass is 397 g/mol. The smallest absolute Gasteiger partial charge is 0.148 e. The summed E-state index contributed by atoms with van der Waals surface area (Å²) < 4.78 is 53.2. The van der Waals surface area contributed by atoms with Crippen molar-refractivity contribution in [2.24, 2.45) is 0 Å². The van der Waals surface area contributed by atoms with Crippen molar-refractivity contribution in [1.29, 1.82) is 0 Å². The second kappa shape index (κ2) is 8.12. The van der Waals surface area contributed by atoms with Gasteiger partial charge in [0, 0.05) is 13.1 Å². The van der Waals surface area contributed by atoms with Crippen LogP contribution in [-0.2, 0) is 6.54 Å². The maximum atomic E-state index is 14.7. The van der Waals surface area contributed by atoms with E-state index in [2.05, 4.69) is 5.32 Å². The molecule has 0 saturated heterocycles. The van der Waals surface area contributed by atoms with Crippen LogP contribution in [0.4, 0.5) is 20.2 Å². The van der Waals surface area contributed by atoms with E-state index in [-0.39, 0.29) is 12.2 Å². The lowest BCUT2D eigenvalue weighted by molar-refractivity contribution is 0.329. The van der Waals surface area contributed by atoms with E-state index in [4.69, 9.17) is 0 Å². The number of hydrogen-bond donors (Lipinski definition) is 3. The molecule has 3 N–H and O–H groups in total. The predicted octanol–water partition coefficient (Wildman–Crippen LogP) is 4.81. The molecule has 8 heteroatoms. The fourth-order valence-electron chi connectivity index (χ4n) is 3.23. The molecule has 0 unspecified atom stereocenters. The van der Waals surface area contributed by atoms with Crippen molar-refractivity contribution in [3.63, 3.8) is 0 Å². The highest BCUT2D eigenvalue weighted by Crippen LogP contribution is 2.59. The first kappa shape index (κ1) is 20.0. The van der Waals surface area contributed by atoms with Gasteiger partial charge in [0.2, 0.25) is 0 Å². The lowest BCUT2D eigenvalue weighted by atomic mass is 10.1. The molecule has 0 radical (unpaired) electrons. The summed E-state index contributed by atoms with van der Waals surface area (Å²) >= 11 is 0. The normalized spacial score (nSPS) is 17.6. The maximum absolute atomic E-state index is 14.7. The van der Waals surface area contributed by atoms with Gasteiger partial charge in [-0.2, -0.15) is 4.31 Å². The van der Waals surface area contributed by atoms with Gasteiger partial charge in [-0.25, -0.2) is 13.1 Å². The summed E-state index contributed by atoms with van der Waals surface area (Å²) in [4.78, 5) is 0. The summed E-state index contributed by atoms with van der Waals surface area (Å²) in [7, 11) is -1.63. The molecule has 0 amide bonds. The zero-order valence-electron chi connectivity index (χ0n) is 15.5. The van der Waals surface area contributed by atoms with Crippen LogP contribution in [0.15, 0.2) is 36.4 Å². The fraction of sp³-hybridized carbons (Fsp3) is 0.368. The fourth-order valence-corrected chi connectivity index (χ4v) is 5.00. The van der Waals surface area contributed by atoms with Crippen LogP contribution in [0.1, 0.15) is 24.0 Å². The molecule has 148 valence electrons. The topological polar surface area (TPSA) is 59.0 Å². The Morgan fingerprint density at radius 1 is 1.07 bits per heavy atom. The van der Waals surface area contributed by atoms with Crippen molar-refractivity contribution in [2.45, 2.75) is 26.3 Å². The number of benzene rings is 2. The van der Waals surface area contributed by atoms with Crippen LogP contribution in [0.2, 0.25) is 0 Å². The third-order valence-corrected chi connectivity index (χ3v) is 6.49. The van der Waals surface area contributed by atoms with Crippen LogP contribution >= 0.6 is 11.0 Å². The number of fused-ring (bicyclic) bond motifs is 1. The van der Waals surface area contributed by atoms with Gasteiger partial charge in [0.05, 0.1) is 11.4 Å². The van der Waals surface area contributed by atoms with Gasteiger partial charge >= 0.3 is 0 Å². The molecule has 0 bridgehead atoms. The summed E-state index contributed by atoms with van der Waals surface area (Å²) in [6.45, 7) is 3.18. The molecule has 0 aliphatic carbocycles. The molecule has 0 spiro atoms. The SMILES string of the molecule is CNCCCCN1Cc2cc(F)ccc2N(c2ccc(C)cc2F)S1(O)O. The summed E-state index contributed by atoms with van der Waals surface area (Å²) in [5.41, 5.74) is 1.79. The molecule has 1 aliphatic rings. The minimum atomic E-state index is -3.48. The Kier molecular flexibility index (Phi) is 6.02. The summed E-state index contributed by atoms with van der Waals surface area (Å²) in [5.74, 6) is -0.964. The molecule has 1 heterocycles. The lowest BCUT2D eigenvalue weighted by Gasteiger charge is -2.54. The Hall–Kier alpha value is -1.71. The minimum absolute atomic E-state index is 0.0633. The number of unbranched alkanes of at least 4 members (excludes halogenated alkanes) is 1. The molecule has 2 aromatic rings. The van der Waals surface area contributed by atoms with Gasteiger partial charge in [-0.3, -0.25) is 9.11 Å². The molecule has 0 fully saturated rings. The Morgan fingerprint density at radius 3 is 2.52 bits per heavy atom. The first-order chi connectivity index (χ1) is 12.8. The molecule has 0 saturated carbocycles. The van der Waals surface area contributed by atoms with E-state index in [0.717, 1.165) is 24.9 Å². The molecule has 1 aliphatic heterocycles. The largest absolute Gasteiger partial charge is 0.320 e. The zero-order chi connectivity index (χ0) is 19.6. The van der Waals surface area contributed by atoms with Crippen molar-refractivity contribution < 1.29 is 17.9 Å². The Balaban J connectivity index is 2.03. The van der Waals surface area contributed by atoms with Crippen LogP contribution in [0.5, 0.6) is 0 Å². The van der Waals surface area contributed by atoms with Crippen molar-refractivity contribution >= 4 is 22.3 Å². The average molecular weight is 397 g/mol. The van der Waals surface area contributed by atoms with Crippen LogP contribution in [0, 0.1) is 18.6 Å². The first-order valence-electron chi connectivity index (χ1n) is 8.87. The molecule has 5 nitrogen and oxygen atoms in total. The number of nitrogens with one attached hydrogen (secondary N) is 1. The first-order valence-corrected chi connectivity index (χ1v) is 10.3. The van der Waals surface area contributed by atoms with Crippen LogP contribution in [0.3, 0.4) is 0 Å². The maximum Gasteiger partial charge on any atom is 0.148 e. The Labute approximate surface area is 160 Å². The number of aryl methyl sites for hydroxylation is 1. The van der Waals surface area contributed by atoms with Gasteiger partial charge in [0.15, 0.2) is 0 Å². The third kappa shape index (κ3) is 4.09. The second-order valence-electron chi connectivity index (χ2n) is 6.69. The van der Waals surface area contributed by atoms with Crippen molar-refractivity contribution in [2.75, 3.05) is 24.4 Å². The van der Waals surface area contributed by atoms with Crippen LogP contribution in [-0.4, -0.2) is 33.5 Å². The predicted molar refractivity (Wildman–Crippen MR) is 106 cm³/mol. The average Bonchev–Trinajstić information content (AvgIpc) is 2.60. The zero-order valence-corrected chi connectivity index (χ0v) is 16.3. The van der Waals surface area contributed by atoms with E-state index in [1.165, 1.54) is 38.9 Å². The summed E-state index contributed by atoms with van der Waals surface area (Å²) in [6, 6.07) is 8.66. The Morgan fingerprint density at radius 2 is 1.81 bits per heavy atom. The number of nitrogens with zero attached hydrogens (tertiary/aromatic N) is 2. The minimum Gasteiger partial charge on any atom is -0.320 e. The highest BCUT2D eigenvalue weighted by Gasteiger charge is 2.39. The van der Waals surface area contributed by atoms with Crippen molar-refractivity contribution in [3.8, 4) is 0 Å². The summed E-state index contributed by atoms with van der Waals surface area (Å²) in [6.07, 6.45) is 1.59. The molecular weight excluding hydrogens is 372 g/mol. The summed E-state index contributed by atoms with van der Waals surface area (Å²) in [5, 5.41) is 3.05. The standard InChI is InChI=1S/C19H25F2N3O2S/c1-14-5-7-19(17(21)11-14)24-18-8-6-16(20)12-15(18)13-23(27(24,25)26)10-4-3-9-22-2/h5-8,11-12,22,25-26H,3-4,9-10,13H2,1-2H3. The van der Waals surface area contributed by atoms with Crippen molar-refractivity contribution in [1.82, 2.24) is 9.62 Å². The number of halogens is 2. The highest BCUT2D eigenvalue weighted by atomic mass is 32.3. The van der Waals surface area contributed by atoms with E-state index >= 15 is 0 Å². The van der Waals surface area contributed by atoms with Gasteiger partial charge in [-0.15, -0.1) is 0 Å². The van der Waals surface area contributed by atoms with Crippen LogP contribution in [0.25, 0.3) is 0 Å². The van der Waals surface area contributed by atoms with Gasteiger partial charge < -0.3 is 5.32 Å². The lowest BCUT2D eigenvalue weighted by Crippen LogP contribution is -2.42. The van der Waals surface area contributed by atoms with Gasteiger partial charge in [0.25, 0.3) is 0 Å². The molecule has 0 aromatic heterocycles. The highest BCUT2D eigenvalue weighted by molar-refractivity contribution is 8.23. The molecule has 2 aromatic carbocycles. The van der Waals surface area contributed by atoms with Gasteiger partial charge in [-0.1, -0.05) is 6.07 Å². The molecule has 3 rings (SSSR count). The second-order valence-corrected chi connectivity index (χ2v) is 8.55. The van der Waals surface area contributed by atoms with E-state index < -0.39 is 22.6 Å². The number of rotatable bonds is 6. The molecular formula is C19H25F2N3O2S. The van der Waals surface area contributed by atoms with E-state index in [1.54, 1.807) is 13.0 Å². The number of anilines is 2.